The quantitative estimate of drug-likeness (QED) is 0.607. The lowest BCUT2D eigenvalue weighted by Crippen LogP contribution is -2.08. The van der Waals surface area contributed by atoms with Gasteiger partial charge in [0.25, 0.3) is 0 Å². The molecule has 0 saturated heterocycles. The lowest BCUT2D eigenvalue weighted by molar-refractivity contribution is 0.509. The molecule has 1 atom stereocenters. The molecule has 0 spiro atoms. The van der Waals surface area contributed by atoms with Crippen molar-refractivity contribution in [1.29, 1.82) is 0 Å². The Hall–Kier alpha value is -0.610. The Morgan fingerprint density at radius 3 is 3.00 bits per heavy atom. The topological polar surface area (TPSA) is 25.8 Å². The Labute approximate surface area is 116 Å². The number of fused-ring (bicyclic) bond motifs is 3. The zero-order valence-corrected chi connectivity index (χ0v) is 12.7. The molecule has 2 aromatic rings. The van der Waals surface area contributed by atoms with Gasteiger partial charge in [0.05, 0.1) is 0 Å². The summed E-state index contributed by atoms with van der Waals surface area (Å²) in [7, 11) is 0. The van der Waals surface area contributed by atoms with Gasteiger partial charge in [0.2, 0.25) is 0 Å². The summed E-state index contributed by atoms with van der Waals surface area (Å²) in [5, 5.41) is 2.56. The summed E-state index contributed by atoms with van der Waals surface area (Å²) >= 11 is 3.75. The van der Waals surface area contributed by atoms with E-state index in [1.165, 1.54) is 34.5 Å². The van der Waals surface area contributed by atoms with Gasteiger partial charge in [-0.05, 0) is 43.4 Å². The third-order valence-electron chi connectivity index (χ3n) is 3.51. The van der Waals surface area contributed by atoms with Crippen molar-refractivity contribution in [2.45, 2.75) is 45.1 Å². The first-order valence-electron chi connectivity index (χ1n) is 6.60. The minimum Gasteiger partial charge on any atom is -0.226 e. The normalized spacial score (nSPS) is 19.2. The monoisotopic (exact) mass is 278 g/mol. The van der Waals surface area contributed by atoms with Crippen LogP contribution in [0.15, 0.2) is 5.03 Å². The van der Waals surface area contributed by atoms with Crippen molar-refractivity contribution in [3.8, 4) is 0 Å². The molecular weight excluding hydrogens is 260 g/mol. The molecule has 1 unspecified atom stereocenters. The molecule has 0 N–H and O–H groups in total. The molecule has 2 heterocycles. The Balaban J connectivity index is 2.22. The zero-order chi connectivity index (χ0) is 12.7. The SMILES string of the molecule is CCSc1nc(C)nc2sc3c(c12)CCC(C)C3. The van der Waals surface area contributed by atoms with E-state index in [-0.39, 0.29) is 0 Å². The highest BCUT2D eigenvalue weighted by Gasteiger charge is 2.23. The van der Waals surface area contributed by atoms with Gasteiger partial charge in [-0.3, -0.25) is 0 Å². The van der Waals surface area contributed by atoms with Crippen LogP contribution in [0.25, 0.3) is 10.2 Å². The number of thiophene rings is 1. The highest BCUT2D eigenvalue weighted by Crippen LogP contribution is 2.40. The summed E-state index contributed by atoms with van der Waals surface area (Å²) in [6.45, 7) is 6.54. The summed E-state index contributed by atoms with van der Waals surface area (Å²) in [4.78, 5) is 12.1. The summed E-state index contributed by atoms with van der Waals surface area (Å²) in [5.74, 6) is 2.80. The van der Waals surface area contributed by atoms with Crippen LogP contribution in [0.2, 0.25) is 0 Å². The largest absolute Gasteiger partial charge is 0.226 e. The highest BCUT2D eigenvalue weighted by molar-refractivity contribution is 7.99. The number of aromatic nitrogens is 2. The Morgan fingerprint density at radius 2 is 2.22 bits per heavy atom. The van der Waals surface area contributed by atoms with Crippen LogP contribution in [0.5, 0.6) is 0 Å². The van der Waals surface area contributed by atoms with Gasteiger partial charge in [-0.15, -0.1) is 23.1 Å². The van der Waals surface area contributed by atoms with E-state index in [4.69, 9.17) is 0 Å². The van der Waals surface area contributed by atoms with Crippen LogP contribution in [0, 0.1) is 12.8 Å². The number of aryl methyl sites for hydroxylation is 2. The van der Waals surface area contributed by atoms with Gasteiger partial charge < -0.3 is 0 Å². The Kier molecular flexibility index (Phi) is 3.32. The number of hydrogen-bond acceptors (Lipinski definition) is 4. The van der Waals surface area contributed by atoms with Crippen LogP contribution in [0.1, 0.15) is 36.5 Å². The molecule has 0 aromatic carbocycles. The van der Waals surface area contributed by atoms with E-state index in [9.17, 15) is 0 Å². The molecule has 96 valence electrons. The molecule has 0 saturated carbocycles. The molecule has 2 aromatic heterocycles. The van der Waals surface area contributed by atoms with E-state index >= 15 is 0 Å². The van der Waals surface area contributed by atoms with Crippen LogP contribution in [0.3, 0.4) is 0 Å². The van der Waals surface area contributed by atoms with E-state index in [2.05, 4.69) is 23.8 Å². The van der Waals surface area contributed by atoms with Gasteiger partial charge in [0, 0.05) is 10.3 Å². The third kappa shape index (κ3) is 2.05. The Morgan fingerprint density at radius 1 is 1.39 bits per heavy atom. The number of thioether (sulfide) groups is 1. The standard InChI is InChI=1S/C14H18N2S2/c1-4-17-13-12-10-6-5-8(2)7-11(10)18-14(12)16-9(3)15-13/h8H,4-7H2,1-3H3. The molecule has 3 rings (SSSR count). The number of rotatable bonds is 2. The van der Waals surface area contributed by atoms with Gasteiger partial charge in [-0.1, -0.05) is 13.8 Å². The van der Waals surface area contributed by atoms with E-state index in [0.717, 1.165) is 17.5 Å². The highest BCUT2D eigenvalue weighted by atomic mass is 32.2. The molecule has 1 aliphatic rings. The first kappa shape index (κ1) is 12.4. The molecule has 4 heteroatoms. The fraction of sp³-hybridized carbons (Fsp3) is 0.571. The van der Waals surface area contributed by atoms with Crippen molar-refractivity contribution in [2.24, 2.45) is 5.92 Å². The maximum atomic E-state index is 4.65. The molecule has 0 amide bonds. The van der Waals surface area contributed by atoms with Gasteiger partial charge in [0.15, 0.2) is 0 Å². The van der Waals surface area contributed by atoms with Crippen LogP contribution in [0.4, 0.5) is 0 Å². The van der Waals surface area contributed by atoms with E-state index < -0.39 is 0 Å². The average molecular weight is 278 g/mol. The van der Waals surface area contributed by atoms with Crippen LogP contribution < -0.4 is 0 Å². The van der Waals surface area contributed by atoms with Crippen LogP contribution in [-0.4, -0.2) is 15.7 Å². The molecule has 0 radical (unpaired) electrons. The van der Waals surface area contributed by atoms with E-state index in [1.54, 1.807) is 10.4 Å². The van der Waals surface area contributed by atoms with Crippen molar-refractivity contribution >= 4 is 33.3 Å². The summed E-state index contributed by atoms with van der Waals surface area (Å²) in [5.41, 5.74) is 1.55. The zero-order valence-electron chi connectivity index (χ0n) is 11.1. The number of nitrogens with zero attached hydrogens (tertiary/aromatic N) is 2. The summed E-state index contributed by atoms with van der Waals surface area (Å²) < 4.78 is 0. The lowest BCUT2D eigenvalue weighted by Gasteiger charge is -2.18. The predicted octanol–water partition coefficient (Wildman–Crippen LogP) is 4.24. The first-order chi connectivity index (χ1) is 8.69. The molecule has 2 nitrogen and oxygen atoms in total. The second-order valence-electron chi connectivity index (χ2n) is 5.04. The minimum absolute atomic E-state index is 0.821. The van der Waals surface area contributed by atoms with Crippen molar-refractivity contribution in [2.75, 3.05) is 5.75 Å². The maximum Gasteiger partial charge on any atom is 0.128 e. The molecule has 0 bridgehead atoms. The summed E-state index contributed by atoms with van der Waals surface area (Å²) in [6.07, 6.45) is 3.74. The second kappa shape index (κ2) is 4.82. The van der Waals surface area contributed by atoms with Gasteiger partial charge in [0.1, 0.15) is 15.7 Å². The summed E-state index contributed by atoms with van der Waals surface area (Å²) in [6, 6.07) is 0. The van der Waals surface area contributed by atoms with Crippen molar-refractivity contribution in [3.63, 3.8) is 0 Å². The van der Waals surface area contributed by atoms with Crippen LogP contribution in [-0.2, 0) is 12.8 Å². The Bertz CT molecular complexity index is 589. The fourth-order valence-electron chi connectivity index (χ4n) is 2.65. The maximum absolute atomic E-state index is 4.65. The molecule has 1 aliphatic carbocycles. The third-order valence-corrected chi connectivity index (χ3v) is 5.52. The number of hydrogen-bond donors (Lipinski definition) is 0. The molecule has 18 heavy (non-hydrogen) atoms. The predicted molar refractivity (Wildman–Crippen MR) is 79.7 cm³/mol. The molecular formula is C14H18N2S2. The van der Waals surface area contributed by atoms with Crippen molar-refractivity contribution < 1.29 is 0 Å². The molecule has 0 aliphatic heterocycles. The first-order valence-corrected chi connectivity index (χ1v) is 8.41. The average Bonchev–Trinajstić information content (AvgIpc) is 2.65. The fourth-order valence-corrected chi connectivity index (χ4v) is 4.98. The van der Waals surface area contributed by atoms with Gasteiger partial charge in [-0.2, -0.15) is 0 Å². The second-order valence-corrected chi connectivity index (χ2v) is 7.38. The van der Waals surface area contributed by atoms with Gasteiger partial charge in [-0.25, -0.2) is 9.97 Å². The molecule has 0 fully saturated rings. The van der Waals surface area contributed by atoms with E-state index in [0.29, 0.717) is 0 Å². The minimum atomic E-state index is 0.821. The van der Waals surface area contributed by atoms with Gasteiger partial charge >= 0.3 is 0 Å². The lowest BCUT2D eigenvalue weighted by atomic mass is 9.89. The smallest absolute Gasteiger partial charge is 0.128 e. The van der Waals surface area contributed by atoms with Crippen molar-refractivity contribution in [3.05, 3.63) is 16.3 Å². The van der Waals surface area contributed by atoms with E-state index in [1.807, 2.05) is 30.0 Å². The van der Waals surface area contributed by atoms with Crippen molar-refractivity contribution in [1.82, 2.24) is 9.97 Å². The van der Waals surface area contributed by atoms with Crippen LogP contribution >= 0.6 is 23.1 Å².